The monoisotopic (exact) mass is 237 g/mol. The number of rotatable bonds is 8. The summed E-state index contributed by atoms with van der Waals surface area (Å²) in [6, 6.07) is 0.785. The van der Waals surface area contributed by atoms with E-state index >= 15 is 0 Å². The van der Waals surface area contributed by atoms with Gasteiger partial charge < -0.3 is 14.6 Å². The first-order valence-electron chi connectivity index (χ1n) is 6.73. The second-order valence-corrected chi connectivity index (χ2v) is 4.78. The molecule has 1 fully saturated rings. The van der Waals surface area contributed by atoms with Crippen molar-refractivity contribution in [2.45, 2.75) is 39.7 Å². The predicted molar refractivity (Wildman–Crippen MR) is 69.1 cm³/mol. The standard InChI is InChI=1S/C13H23N3O/c1-3-7-14-8-12-10-17-13(15-12)16(4-2)9-11-5-6-11/h10-11,14H,3-9H2,1-2H3. The third-order valence-electron chi connectivity index (χ3n) is 3.10. The molecule has 1 aliphatic carbocycles. The van der Waals surface area contributed by atoms with Crippen LogP contribution in [0.25, 0.3) is 0 Å². The maximum absolute atomic E-state index is 5.55. The van der Waals surface area contributed by atoms with E-state index in [-0.39, 0.29) is 0 Å². The smallest absolute Gasteiger partial charge is 0.297 e. The van der Waals surface area contributed by atoms with Crippen LogP contribution in [0.1, 0.15) is 38.8 Å². The molecule has 0 amide bonds. The molecule has 1 heterocycles. The quantitative estimate of drug-likeness (QED) is 0.705. The second kappa shape index (κ2) is 6.05. The molecular weight excluding hydrogens is 214 g/mol. The average Bonchev–Trinajstić information content (AvgIpc) is 3.04. The highest BCUT2D eigenvalue weighted by Crippen LogP contribution is 2.31. The maximum atomic E-state index is 5.55. The summed E-state index contributed by atoms with van der Waals surface area (Å²) in [7, 11) is 0. The molecule has 0 aromatic carbocycles. The van der Waals surface area contributed by atoms with Crippen molar-refractivity contribution in [1.82, 2.24) is 10.3 Å². The Balaban J connectivity index is 1.85. The molecule has 1 aromatic rings. The molecule has 4 heteroatoms. The molecule has 1 aliphatic rings. The van der Waals surface area contributed by atoms with Crippen LogP contribution in [-0.4, -0.2) is 24.6 Å². The number of anilines is 1. The lowest BCUT2D eigenvalue weighted by molar-refractivity contribution is 0.528. The van der Waals surface area contributed by atoms with Gasteiger partial charge in [-0.3, -0.25) is 0 Å². The molecule has 1 saturated carbocycles. The summed E-state index contributed by atoms with van der Waals surface area (Å²) in [5.74, 6) is 0.864. The molecule has 0 radical (unpaired) electrons. The molecule has 0 unspecified atom stereocenters. The van der Waals surface area contributed by atoms with E-state index in [0.29, 0.717) is 0 Å². The van der Waals surface area contributed by atoms with Gasteiger partial charge in [0.25, 0.3) is 6.01 Å². The molecule has 1 N–H and O–H groups in total. The number of aromatic nitrogens is 1. The van der Waals surface area contributed by atoms with Gasteiger partial charge in [-0.2, -0.15) is 4.98 Å². The Morgan fingerprint density at radius 3 is 2.94 bits per heavy atom. The van der Waals surface area contributed by atoms with Gasteiger partial charge in [0.2, 0.25) is 0 Å². The van der Waals surface area contributed by atoms with Crippen LogP contribution in [0.3, 0.4) is 0 Å². The fourth-order valence-electron chi connectivity index (χ4n) is 1.87. The van der Waals surface area contributed by atoms with Gasteiger partial charge in [-0.05, 0) is 38.6 Å². The SMILES string of the molecule is CCCNCc1coc(N(CC)CC2CC2)n1. The fraction of sp³-hybridized carbons (Fsp3) is 0.769. The van der Waals surface area contributed by atoms with Crippen molar-refractivity contribution in [3.63, 3.8) is 0 Å². The highest BCUT2D eigenvalue weighted by atomic mass is 16.4. The molecule has 0 aliphatic heterocycles. The largest absolute Gasteiger partial charge is 0.432 e. The molecule has 0 atom stereocenters. The molecule has 1 aromatic heterocycles. The van der Waals surface area contributed by atoms with Crippen LogP contribution in [0.2, 0.25) is 0 Å². The van der Waals surface area contributed by atoms with Crippen LogP contribution in [0, 0.1) is 5.92 Å². The van der Waals surface area contributed by atoms with Crippen molar-refractivity contribution in [2.24, 2.45) is 5.92 Å². The third-order valence-corrected chi connectivity index (χ3v) is 3.10. The first kappa shape index (κ1) is 12.4. The summed E-state index contributed by atoms with van der Waals surface area (Å²) in [6.45, 7) is 8.22. The van der Waals surface area contributed by atoms with Crippen LogP contribution in [0.4, 0.5) is 6.01 Å². The summed E-state index contributed by atoms with van der Waals surface area (Å²) >= 11 is 0. The molecule has 17 heavy (non-hydrogen) atoms. The van der Waals surface area contributed by atoms with Crippen molar-refractivity contribution in [3.05, 3.63) is 12.0 Å². The predicted octanol–water partition coefficient (Wildman–Crippen LogP) is 2.41. The van der Waals surface area contributed by atoms with Crippen LogP contribution in [-0.2, 0) is 6.54 Å². The Labute approximate surface area is 103 Å². The van der Waals surface area contributed by atoms with Crippen LogP contribution in [0.5, 0.6) is 0 Å². The van der Waals surface area contributed by atoms with Gasteiger partial charge in [0.05, 0.1) is 5.69 Å². The highest BCUT2D eigenvalue weighted by molar-refractivity contribution is 5.27. The van der Waals surface area contributed by atoms with Gasteiger partial charge in [0.15, 0.2) is 0 Å². The van der Waals surface area contributed by atoms with Crippen LogP contribution < -0.4 is 10.2 Å². The Kier molecular flexibility index (Phi) is 4.42. The normalized spacial score (nSPS) is 15.2. The zero-order valence-corrected chi connectivity index (χ0v) is 10.9. The second-order valence-electron chi connectivity index (χ2n) is 4.78. The maximum Gasteiger partial charge on any atom is 0.297 e. The van der Waals surface area contributed by atoms with Gasteiger partial charge in [-0.15, -0.1) is 0 Å². The molecular formula is C13H23N3O. The highest BCUT2D eigenvalue weighted by Gasteiger charge is 2.25. The van der Waals surface area contributed by atoms with E-state index in [1.165, 1.54) is 12.8 Å². The van der Waals surface area contributed by atoms with Gasteiger partial charge in [0.1, 0.15) is 6.26 Å². The van der Waals surface area contributed by atoms with Crippen LogP contribution in [0.15, 0.2) is 10.7 Å². The van der Waals surface area contributed by atoms with Gasteiger partial charge in [-0.1, -0.05) is 6.92 Å². The zero-order valence-electron chi connectivity index (χ0n) is 10.9. The van der Waals surface area contributed by atoms with Gasteiger partial charge >= 0.3 is 0 Å². The van der Waals surface area contributed by atoms with E-state index in [2.05, 4.69) is 29.0 Å². The molecule has 0 bridgehead atoms. The van der Waals surface area contributed by atoms with Crippen molar-refractivity contribution >= 4 is 6.01 Å². The number of oxazole rings is 1. The fourth-order valence-corrected chi connectivity index (χ4v) is 1.87. The molecule has 0 saturated heterocycles. The van der Waals surface area contributed by atoms with Crippen molar-refractivity contribution in [2.75, 3.05) is 24.5 Å². The molecule has 4 nitrogen and oxygen atoms in total. The van der Waals surface area contributed by atoms with Crippen molar-refractivity contribution in [3.8, 4) is 0 Å². The summed E-state index contributed by atoms with van der Waals surface area (Å²) in [6.07, 6.45) is 5.64. The minimum atomic E-state index is 0.785. The first-order chi connectivity index (χ1) is 8.33. The van der Waals surface area contributed by atoms with Gasteiger partial charge in [-0.25, -0.2) is 0 Å². The Hall–Kier alpha value is -1.03. The minimum Gasteiger partial charge on any atom is -0.432 e. The molecule has 0 spiro atoms. The third kappa shape index (κ3) is 3.73. The summed E-state index contributed by atoms with van der Waals surface area (Å²) in [5, 5.41) is 3.33. The Morgan fingerprint density at radius 1 is 1.47 bits per heavy atom. The van der Waals surface area contributed by atoms with E-state index in [1.54, 1.807) is 6.26 Å². The Morgan fingerprint density at radius 2 is 2.29 bits per heavy atom. The molecule has 96 valence electrons. The summed E-state index contributed by atoms with van der Waals surface area (Å²) in [5.41, 5.74) is 1.00. The van der Waals surface area contributed by atoms with Crippen LogP contribution >= 0.6 is 0 Å². The lowest BCUT2D eigenvalue weighted by Crippen LogP contribution is -2.25. The van der Waals surface area contributed by atoms with E-state index < -0.39 is 0 Å². The number of hydrogen-bond donors (Lipinski definition) is 1. The van der Waals surface area contributed by atoms with E-state index in [0.717, 1.165) is 50.2 Å². The number of nitrogens with one attached hydrogen (secondary N) is 1. The number of nitrogens with zero attached hydrogens (tertiary/aromatic N) is 2. The summed E-state index contributed by atoms with van der Waals surface area (Å²) in [4.78, 5) is 6.77. The van der Waals surface area contributed by atoms with Crippen molar-refractivity contribution < 1.29 is 4.42 Å². The lowest BCUT2D eigenvalue weighted by atomic mass is 10.4. The van der Waals surface area contributed by atoms with Crippen molar-refractivity contribution in [1.29, 1.82) is 0 Å². The summed E-state index contributed by atoms with van der Waals surface area (Å²) < 4.78 is 5.55. The van der Waals surface area contributed by atoms with Gasteiger partial charge in [0, 0.05) is 19.6 Å². The zero-order chi connectivity index (χ0) is 12.1. The van der Waals surface area contributed by atoms with E-state index in [4.69, 9.17) is 4.42 Å². The Bertz CT molecular complexity index is 333. The van der Waals surface area contributed by atoms with E-state index in [9.17, 15) is 0 Å². The number of hydrogen-bond acceptors (Lipinski definition) is 4. The minimum absolute atomic E-state index is 0.785. The van der Waals surface area contributed by atoms with E-state index in [1.807, 2.05) is 0 Å². The molecule has 2 rings (SSSR count). The lowest BCUT2D eigenvalue weighted by Gasteiger charge is -2.17. The topological polar surface area (TPSA) is 41.3 Å². The average molecular weight is 237 g/mol. The first-order valence-corrected chi connectivity index (χ1v) is 6.73.